The maximum absolute atomic E-state index is 4.48. The SMILES string of the molecule is Cc1nc(CNCc2ccccn2)sc1C. The first-order valence-corrected chi connectivity index (χ1v) is 6.11. The summed E-state index contributed by atoms with van der Waals surface area (Å²) in [6.45, 7) is 5.76. The smallest absolute Gasteiger partial charge is 0.107 e. The van der Waals surface area contributed by atoms with Crippen molar-refractivity contribution in [2.24, 2.45) is 0 Å². The van der Waals surface area contributed by atoms with E-state index in [0.717, 1.165) is 29.5 Å². The summed E-state index contributed by atoms with van der Waals surface area (Å²) >= 11 is 1.76. The number of pyridine rings is 1. The standard InChI is InChI=1S/C12H15N3S/c1-9-10(2)16-12(15-9)8-13-7-11-5-3-4-6-14-11/h3-6,13H,7-8H2,1-2H3. The Hall–Kier alpha value is -1.26. The molecule has 0 bridgehead atoms. The average Bonchev–Trinajstić information content (AvgIpc) is 2.60. The molecule has 0 saturated carbocycles. The fraction of sp³-hybridized carbons (Fsp3) is 0.333. The van der Waals surface area contributed by atoms with Gasteiger partial charge in [0.1, 0.15) is 5.01 Å². The van der Waals surface area contributed by atoms with Crippen LogP contribution in [0.3, 0.4) is 0 Å². The van der Waals surface area contributed by atoms with Crippen molar-refractivity contribution in [1.29, 1.82) is 0 Å². The van der Waals surface area contributed by atoms with Gasteiger partial charge in [-0.05, 0) is 26.0 Å². The van der Waals surface area contributed by atoms with Gasteiger partial charge in [-0.3, -0.25) is 4.98 Å². The maximum atomic E-state index is 4.48. The van der Waals surface area contributed by atoms with E-state index in [4.69, 9.17) is 0 Å². The molecule has 4 heteroatoms. The second-order valence-electron chi connectivity index (χ2n) is 3.67. The van der Waals surface area contributed by atoms with E-state index >= 15 is 0 Å². The van der Waals surface area contributed by atoms with Crippen LogP contribution in [-0.4, -0.2) is 9.97 Å². The second-order valence-corrected chi connectivity index (χ2v) is 4.96. The van der Waals surface area contributed by atoms with Crippen LogP contribution in [0, 0.1) is 13.8 Å². The van der Waals surface area contributed by atoms with Gasteiger partial charge < -0.3 is 5.32 Å². The number of nitrogens with one attached hydrogen (secondary N) is 1. The zero-order chi connectivity index (χ0) is 11.4. The highest BCUT2D eigenvalue weighted by Crippen LogP contribution is 2.15. The number of hydrogen-bond donors (Lipinski definition) is 1. The molecule has 16 heavy (non-hydrogen) atoms. The van der Waals surface area contributed by atoms with Gasteiger partial charge in [-0.2, -0.15) is 0 Å². The minimum absolute atomic E-state index is 0.790. The van der Waals surface area contributed by atoms with Gasteiger partial charge in [-0.15, -0.1) is 11.3 Å². The molecule has 0 amide bonds. The number of aryl methyl sites for hydroxylation is 2. The summed E-state index contributed by atoms with van der Waals surface area (Å²) in [7, 11) is 0. The van der Waals surface area contributed by atoms with Gasteiger partial charge in [-0.1, -0.05) is 6.07 Å². The van der Waals surface area contributed by atoms with Gasteiger partial charge >= 0.3 is 0 Å². The quantitative estimate of drug-likeness (QED) is 0.881. The van der Waals surface area contributed by atoms with Gasteiger partial charge in [0.2, 0.25) is 0 Å². The predicted molar refractivity (Wildman–Crippen MR) is 66.4 cm³/mol. The Morgan fingerprint density at radius 3 is 2.75 bits per heavy atom. The molecule has 84 valence electrons. The minimum Gasteiger partial charge on any atom is -0.305 e. The highest BCUT2D eigenvalue weighted by molar-refractivity contribution is 7.11. The average molecular weight is 233 g/mol. The number of nitrogens with zero attached hydrogens (tertiary/aromatic N) is 2. The van der Waals surface area contributed by atoms with E-state index < -0.39 is 0 Å². The maximum Gasteiger partial charge on any atom is 0.107 e. The van der Waals surface area contributed by atoms with Crippen LogP contribution in [-0.2, 0) is 13.1 Å². The molecule has 0 aliphatic heterocycles. The van der Waals surface area contributed by atoms with Crippen LogP contribution in [0.5, 0.6) is 0 Å². The van der Waals surface area contributed by atoms with Crippen LogP contribution in [0.4, 0.5) is 0 Å². The molecule has 0 aliphatic carbocycles. The van der Waals surface area contributed by atoms with Crippen molar-refractivity contribution in [3.05, 3.63) is 45.7 Å². The molecular weight excluding hydrogens is 218 g/mol. The van der Waals surface area contributed by atoms with E-state index in [0.29, 0.717) is 0 Å². The van der Waals surface area contributed by atoms with Crippen LogP contribution in [0.2, 0.25) is 0 Å². The summed E-state index contributed by atoms with van der Waals surface area (Å²) in [5.41, 5.74) is 2.20. The Morgan fingerprint density at radius 2 is 2.12 bits per heavy atom. The molecule has 2 heterocycles. The Balaban J connectivity index is 1.84. The van der Waals surface area contributed by atoms with Crippen LogP contribution in [0.1, 0.15) is 21.3 Å². The molecule has 0 spiro atoms. The molecular formula is C12H15N3S. The molecule has 0 atom stereocenters. The minimum atomic E-state index is 0.790. The Morgan fingerprint density at radius 1 is 1.25 bits per heavy atom. The lowest BCUT2D eigenvalue weighted by Crippen LogP contribution is -2.13. The monoisotopic (exact) mass is 233 g/mol. The second kappa shape index (κ2) is 5.18. The summed E-state index contributed by atoms with van der Waals surface area (Å²) in [5.74, 6) is 0. The van der Waals surface area contributed by atoms with Crippen molar-refractivity contribution in [1.82, 2.24) is 15.3 Å². The first kappa shape index (κ1) is 11.2. The Labute approximate surface area is 99.6 Å². The zero-order valence-electron chi connectivity index (χ0n) is 9.53. The van der Waals surface area contributed by atoms with Gasteiger partial charge in [0.15, 0.2) is 0 Å². The van der Waals surface area contributed by atoms with Crippen LogP contribution < -0.4 is 5.32 Å². The summed E-state index contributed by atoms with van der Waals surface area (Å²) in [5, 5.41) is 4.49. The lowest BCUT2D eigenvalue weighted by atomic mass is 10.3. The molecule has 2 rings (SSSR count). The first-order chi connectivity index (χ1) is 7.75. The van der Waals surface area contributed by atoms with Crippen molar-refractivity contribution in [3.63, 3.8) is 0 Å². The topological polar surface area (TPSA) is 37.8 Å². The molecule has 0 fully saturated rings. The van der Waals surface area contributed by atoms with E-state index in [2.05, 4.69) is 22.2 Å². The van der Waals surface area contributed by atoms with Crippen molar-refractivity contribution < 1.29 is 0 Å². The fourth-order valence-electron chi connectivity index (χ4n) is 1.41. The van der Waals surface area contributed by atoms with Gasteiger partial charge in [-0.25, -0.2) is 4.98 Å². The van der Waals surface area contributed by atoms with E-state index in [1.165, 1.54) is 4.88 Å². The molecule has 0 unspecified atom stereocenters. The normalized spacial score (nSPS) is 10.6. The summed E-state index contributed by atoms with van der Waals surface area (Å²) in [4.78, 5) is 10.0. The van der Waals surface area contributed by atoms with Crippen molar-refractivity contribution >= 4 is 11.3 Å². The van der Waals surface area contributed by atoms with Crippen LogP contribution in [0.15, 0.2) is 24.4 Å². The fourth-order valence-corrected chi connectivity index (χ4v) is 2.32. The number of hydrogen-bond acceptors (Lipinski definition) is 4. The van der Waals surface area contributed by atoms with E-state index in [1.807, 2.05) is 31.3 Å². The summed E-state index contributed by atoms with van der Waals surface area (Å²) in [6, 6.07) is 5.95. The predicted octanol–water partition coefficient (Wildman–Crippen LogP) is 2.44. The Bertz CT molecular complexity index is 431. The van der Waals surface area contributed by atoms with Gasteiger partial charge in [0, 0.05) is 24.2 Å². The Kier molecular flexibility index (Phi) is 3.64. The third kappa shape index (κ3) is 2.87. The molecule has 0 saturated heterocycles. The summed E-state index contributed by atoms with van der Waals surface area (Å²) < 4.78 is 0. The molecule has 2 aromatic rings. The van der Waals surface area contributed by atoms with Crippen LogP contribution in [0.25, 0.3) is 0 Å². The van der Waals surface area contributed by atoms with E-state index in [-0.39, 0.29) is 0 Å². The highest BCUT2D eigenvalue weighted by Gasteiger charge is 2.02. The van der Waals surface area contributed by atoms with Gasteiger partial charge in [0.25, 0.3) is 0 Å². The molecule has 0 aromatic carbocycles. The third-order valence-electron chi connectivity index (χ3n) is 2.38. The van der Waals surface area contributed by atoms with Crippen LogP contribution >= 0.6 is 11.3 Å². The number of rotatable bonds is 4. The highest BCUT2D eigenvalue weighted by atomic mass is 32.1. The first-order valence-electron chi connectivity index (χ1n) is 5.29. The third-order valence-corrected chi connectivity index (χ3v) is 3.45. The molecule has 1 N–H and O–H groups in total. The zero-order valence-corrected chi connectivity index (χ0v) is 10.3. The van der Waals surface area contributed by atoms with Crippen molar-refractivity contribution in [3.8, 4) is 0 Å². The van der Waals surface area contributed by atoms with E-state index in [9.17, 15) is 0 Å². The number of thiazole rings is 1. The molecule has 0 radical (unpaired) electrons. The lowest BCUT2D eigenvalue weighted by molar-refractivity contribution is 0.676. The molecule has 3 nitrogen and oxygen atoms in total. The molecule has 0 aliphatic rings. The van der Waals surface area contributed by atoms with Crippen molar-refractivity contribution in [2.75, 3.05) is 0 Å². The lowest BCUT2D eigenvalue weighted by Gasteiger charge is -2.01. The van der Waals surface area contributed by atoms with E-state index in [1.54, 1.807) is 11.3 Å². The summed E-state index contributed by atoms with van der Waals surface area (Å²) in [6.07, 6.45) is 1.81. The molecule has 2 aromatic heterocycles. The largest absolute Gasteiger partial charge is 0.305 e. The van der Waals surface area contributed by atoms with Gasteiger partial charge in [0.05, 0.1) is 11.4 Å². The van der Waals surface area contributed by atoms with Crippen molar-refractivity contribution in [2.45, 2.75) is 26.9 Å². The number of aromatic nitrogens is 2.